The highest BCUT2D eigenvalue weighted by Gasteiger charge is 2.29. The summed E-state index contributed by atoms with van der Waals surface area (Å²) < 4.78 is 18.7. The summed E-state index contributed by atoms with van der Waals surface area (Å²) >= 11 is 1.56. The van der Waals surface area contributed by atoms with E-state index < -0.39 is 0 Å². The summed E-state index contributed by atoms with van der Waals surface area (Å²) in [5.41, 5.74) is 0.691. The Morgan fingerprint density at radius 1 is 1.26 bits per heavy atom. The number of hydrogen-bond donors (Lipinski definition) is 2. The zero-order chi connectivity index (χ0) is 19.3. The van der Waals surface area contributed by atoms with E-state index in [9.17, 15) is 9.18 Å². The fourth-order valence-corrected chi connectivity index (χ4v) is 3.99. The van der Waals surface area contributed by atoms with Crippen LogP contribution < -0.4 is 10.6 Å². The number of morpholine rings is 1. The second-order valence-electron chi connectivity index (χ2n) is 7.24. The molecular weight excluding hydrogens is 365 g/mol. The van der Waals surface area contributed by atoms with Crippen molar-refractivity contribution in [1.82, 2.24) is 15.5 Å². The van der Waals surface area contributed by atoms with Crippen LogP contribution in [0, 0.1) is 5.82 Å². The van der Waals surface area contributed by atoms with Gasteiger partial charge in [-0.3, -0.25) is 4.90 Å². The third-order valence-electron chi connectivity index (χ3n) is 4.86. The lowest BCUT2D eigenvalue weighted by atomic mass is 10.0. The summed E-state index contributed by atoms with van der Waals surface area (Å²) in [5.74, 6) is -0.291. The smallest absolute Gasteiger partial charge is 0.315 e. The predicted molar refractivity (Wildman–Crippen MR) is 106 cm³/mol. The van der Waals surface area contributed by atoms with Crippen molar-refractivity contribution in [1.29, 1.82) is 0 Å². The Morgan fingerprint density at radius 3 is 2.59 bits per heavy atom. The van der Waals surface area contributed by atoms with Crippen LogP contribution in [-0.4, -0.2) is 49.3 Å². The van der Waals surface area contributed by atoms with E-state index in [4.69, 9.17) is 4.74 Å². The first-order valence-electron chi connectivity index (χ1n) is 9.12. The standard InChI is InChI=1S/C20H26FN3O2S/c1-20(2,24-9-11-26-12-10-24)14-22-19(25)23-18(17-4-3-13-27-17)15-5-7-16(21)8-6-15/h3-8,13,18H,9-12,14H2,1-2H3,(H2,22,23,25). The number of hydrogen-bond acceptors (Lipinski definition) is 4. The van der Waals surface area contributed by atoms with Crippen LogP contribution in [0.4, 0.5) is 9.18 Å². The van der Waals surface area contributed by atoms with Gasteiger partial charge in [0.15, 0.2) is 0 Å². The molecule has 2 amide bonds. The monoisotopic (exact) mass is 391 g/mol. The van der Waals surface area contributed by atoms with Crippen LogP contribution >= 0.6 is 11.3 Å². The Balaban J connectivity index is 1.63. The maximum Gasteiger partial charge on any atom is 0.315 e. The summed E-state index contributed by atoms with van der Waals surface area (Å²) in [6.45, 7) is 7.94. The van der Waals surface area contributed by atoms with E-state index in [0.29, 0.717) is 6.54 Å². The number of carbonyl (C=O) groups excluding carboxylic acids is 1. The quantitative estimate of drug-likeness (QED) is 0.794. The highest BCUT2D eigenvalue weighted by Crippen LogP contribution is 2.26. The van der Waals surface area contributed by atoms with Gasteiger partial charge in [-0.25, -0.2) is 9.18 Å². The van der Waals surface area contributed by atoms with Crippen LogP contribution in [0.5, 0.6) is 0 Å². The van der Waals surface area contributed by atoms with Crippen molar-refractivity contribution in [3.63, 3.8) is 0 Å². The summed E-state index contributed by atoms with van der Waals surface area (Å²) in [6.07, 6.45) is 0. The molecule has 1 aromatic heterocycles. The van der Waals surface area contributed by atoms with Gasteiger partial charge in [0.25, 0.3) is 0 Å². The lowest BCUT2D eigenvalue weighted by molar-refractivity contribution is -0.00875. The number of benzene rings is 1. The maximum absolute atomic E-state index is 13.3. The van der Waals surface area contributed by atoms with E-state index in [0.717, 1.165) is 36.7 Å². The Labute approximate surface area is 163 Å². The molecule has 3 rings (SSSR count). The molecule has 0 saturated carbocycles. The van der Waals surface area contributed by atoms with Crippen LogP contribution in [0.25, 0.3) is 0 Å². The first kappa shape index (κ1) is 19.8. The van der Waals surface area contributed by atoms with E-state index in [1.165, 1.54) is 12.1 Å². The molecule has 27 heavy (non-hydrogen) atoms. The molecule has 1 saturated heterocycles. The number of nitrogens with one attached hydrogen (secondary N) is 2. The first-order chi connectivity index (χ1) is 13.0. The molecule has 2 aromatic rings. The van der Waals surface area contributed by atoms with E-state index in [2.05, 4.69) is 29.4 Å². The van der Waals surface area contributed by atoms with Crippen molar-refractivity contribution in [2.24, 2.45) is 0 Å². The van der Waals surface area contributed by atoms with Gasteiger partial charge in [0.2, 0.25) is 0 Å². The molecule has 1 aliphatic rings. The van der Waals surface area contributed by atoms with Crippen LogP contribution in [-0.2, 0) is 4.74 Å². The van der Waals surface area contributed by atoms with Crippen molar-refractivity contribution in [3.8, 4) is 0 Å². The Morgan fingerprint density at radius 2 is 1.96 bits per heavy atom. The van der Waals surface area contributed by atoms with Crippen molar-refractivity contribution in [2.75, 3.05) is 32.8 Å². The Hall–Kier alpha value is -1.96. The fraction of sp³-hybridized carbons (Fsp3) is 0.450. The van der Waals surface area contributed by atoms with Gasteiger partial charge in [-0.05, 0) is 43.0 Å². The Bertz CT molecular complexity index is 728. The molecule has 1 aromatic carbocycles. The van der Waals surface area contributed by atoms with Crippen molar-refractivity contribution in [3.05, 3.63) is 58.0 Å². The van der Waals surface area contributed by atoms with Crippen molar-refractivity contribution >= 4 is 17.4 Å². The number of halogens is 1. The lowest BCUT2D eigenvalue weighted by Crippen LogP contribution is -2.56. The Kier molecular flexibility index (Phi) is 6.46. The highest BCUT2D eigenvalue weighted by molar-refractivity contribution is 7.10. The molecule has 146 valence electrons. The average Bonchev–Trinajstić information content (AvgIpc) is 3.21. The SMILES string of the molecule is CC(C)(CNC(=O)NC(c1ccc(F)cc1)c1cccs1)N1CCOCC1. The van der Waals surface area contributed by atoms with E-state index in [-0.39, 0.29) is 23.4 Å². The van der Waals surface area contributed by atoms with E-state index in [1.807, 2.05) is 17.5 Å². The second-order valence-corrected chi connectivity index (χ2v) is 8.22. The van der Waals surface area contributed by atoms with Crippen molar-refractivity contribution < 1.29 is 13.9 Å². The summed E-state index contributed by atoms with van der Waals surface area (Å²) in [5, 5.41) is 7.98. The fourth-order valence-electron chi connectivity index (χ4n) is 3.19. The van der Waals surface area contributed by atoms with Crippen LogP contribution in [0.3, 0.4) is 0 Å². The molecule has 7 heteroatoms. The minimum atomic E-state index is -0.308. The van der Waals surface area contributed by atoms with Gasteiger partial charge in [0.1, 0.15) is 5.82 Å². The van der Waals surface area contributed by atoms with Crippen LogP contribution in [0.1, 0.15) is 30.3 Å². The topological polar surface area (TPSA) is 53.6 Å². The van der Waals surface area contributed by atoms with Gasteiger partial charge in [-0.2, -0.15) is 0 Å². The molecule has 1 aliphatic heterocycles. The number of urea groups is 1. The van der Waals surface area contributed by atoms with Gasteiger partial charge in [0.05, 0.1) is 19.3 Å². The minimum Gasteiger partial charge on any atom is -0.379 e. The van der Waals surface area contributed by atoms with Crippen LogP contribution in [0.15, 0.2) is 41.8 Å². The van der Waals surface area contributed by atoms with Gasteiger partial charge >= 0.3 is 6.03 Å². The molecule has 2 N–H and O–H groups in total. The van der Waals surface area contributed by atoms with Gasteiger partial charge in [0, 0.05) is 30.1 Å². The highest BCUT2D eigenvalue weighted by atomic mass is 32.1. The molecule has 0 bridgehead atoms. The number of amides is 2. The van der Waals surface area contributed by atoms with Gasteiger partial charge in [-0.15, -0.1) is 11.3 Å². The summed E-state index contributed by atoms with van der Waals surface area (Å²) in [7, 11) is 0. The van der Waals surface area contributed by atoms with Crippen LogP contribution in [0.2, 0.25) is 0 Å². The number of thiophene rings is 1. The third-order valence-corrected chi connectivity index (χ3v) is 5.79. The third kappa shape index (κ3) is 5.28. The van der Waals surface area contributed by atoms with Gasteiger partial charge in [-0.1, -0.05) is 18.2 Å². The number of nitrogens with zero attached hydrogens (tertiary/aromatic N) is 1. The van der Waals surface area contributed by atoms with E-state index in [1.54, 1.807) is 23.5 Å². The van der Waals surface area contributed by atoms with Gasteiger partial charge < -0.3 is 15.4 Å². The minimum absolute atomic E-state index is 0.157. The first-order valence-corrected chi connectivity index (χ1v) is 10.00. The molecule has 1 unspecified atom stereocenters. The molecule has 2 heterocycles. The maximum atomic E-state index is 13.3. The molecule has 0 radical (unpaired) electrons. The molecule has 5 nitrogen and oxygen atoms in total. The molecule has 0 spiro atoms. The zero-order valence-electron chi connectivity index (χ0n) is 15.7. The molecule has 0 aliphatic carbocycles. The van der Waals surface area contributed by atoms with Crippen molar-refractivity contribution in [2.45, 2.75) is 25.4 Å². The largest absolute Gasteiger partial charge is 0.379 e. The summed E-state index contributed by atoms with van der Waals surface area (Å²) in [6, 6.07) is 9.61. The van der Waals surface area contributed by atoms with E-state index >= 15 is 0 Å². The molecule has 1 fully saturated rings. The lowest BCUT2D eigenvalue weighted by Gasteiger charge is -2.40. The zero-order valence-corrected chi connectivity index (χ0v) is 16.5. The second kappa shape index (κ2) is 8.82. The predicted octanol–water partition coefficient (Wildman–Crippen LogP) is 3.39. The summed E-state index contributed by atoms with van der Waals surface area (Å²) in [4.78, 5) is 15.9. The average molecular weight is 392 g/mol. The molecular formula is C20H26FN3O2S. The normalized spacial score (nSPS) is 16.7. The number of rotatable bonds is 6. The number of carbonyl (C=O) groups is 1. The number of ether oxygens (including phenoxy) is 1. The molecule has 1 atom stereocenters.